The number of alkyl halides is 2. The lowest BCUT2D eigenvalue weighted by Gasteiger charge is -2.14. The summed E-state index contributed by atoms with van der Waals surface area (Å²) in [6.07, 6.45) is 3.19. The number of hydrogen-bond acceptors (Lipinski definition) is 3. The lowest BCUT2D eigenvalue weighted by Crippen LogP contribution is -2.12. The molecule has 0 bridgehead atoms. The zero-order chi connectivity index (χ0) is 24.1. The Kier molecular flexibility index (Phi) is 6.87. The van der Waals surface area contributed by atoms with E-state index in [4.69, 9.17) is 0 Å². The van der Waals surface area contributed by atoms with Gasteiger partial charge in [-0.2, -0.15) is 0 Å². The van der Waals surface area contributed by atoms with Crippen LogP contribution in [0.25, 0.3) is 22.5 Å². The third kappa shape index (κ3) is 5.22. The molecular weight excluding hydrogens is 437 g/mol. The molecule has 6 heteroatoms. The number of carbonyl (C=O) groups excluding carboxylic acids is 1. The molecule has 0 amide bonds. The van der Waals surface area contributed by atoms with Crippen molar-refractivity contribution in [1.29, 1.82) is 0 Å². The number of ketones is 1. The number of halogens is 3. The van der Waals surface area contributed by atoms with E-state index in [0.717, 1.165) is 11.1 Å². The number of benzene rings is 3. The summed E-state index contributed by atoms with van der Waals surface area (Å²) < 4.78 is 41.9. The summed E-state index contributed by atoms with van der Waals surface area (Å²) >= 11 is 0. The summed E-state index contributed by atoms with van der Waals surface area (Å²) in [6, 6.07) is 19.7. The van der Waals surface area contributed by atoms with E-state index in [2.05, 4.69) is 9.97 Å². The highest BCUT2D eigenvalue weighted by Gasteiger charge is 2.28. The maximum absolute atomic E-state index is 14.3. The molecule has 0 radical (unpaired) electrons. The molecule has 0 unspecified atom stereocenters. The van der Waals surface area contributed by atoms with Gasteiger partial charge in [-0.1, -0.05) is 67.6 Å². The molecule has 3 nitrogen and oxygen atoms in total. The number of nitrogens with zero attached hydrogens (tertiary/aromatic N) is 2. The number of carbonyl (C=O) groups is 1. The fraction of sp³-hybridized carbons (Fsp3) is 0.179. The molecule has 0 spiro atoms. The zero-order valence-corrected chi connectivity index (χ0v) is 18.6. The van der Waals surface area contributed by atoms with Crippen LogP contribution in [0.4, 0.5) is 13.2 Å². The monoisotopic (exact) mass is 460 g/mol. The van der Waals surface area contributed by atoms with Crippen LogP contribution in [-0.2, 0) is 23.6 Å². The minimum Gasteiger partial charge on any atom is -0.299 e. The fourth-order valence-electron chi connectivity index (χ4n) is 3.77. The van der Waals surface area contributed by atoms with Crippen LogP contribution in [0, 0.1) is 5.82 Å². The van der Waals surface area contributed by atoms with Crippen LogP contribution in [0.15, 0.2) is 85.2 Å². The van der Waals surface area contributed by atoms with E-state index in [1.807, 2.05) is 24.3 Å². The van der Waals surface area contributed by atoms with E-state index in [0.29, 0.717) is 22.5 Å². The Morgan fingerprint density at radius 3 is 1.94 bits per heavy atom. The molecule has 0 aliphatic rings. The fourth-order valence-corrected chi connectivity index (χ4v) is 3.77. The van der Waals surface area contributed by atoms with Gasteiger partial charge in [-0.3, -0.25) is 14.8 Å². The van der Waals surface area contributed by atoms with Gasteiger partial charge in [0.05, 0.1) is 11.4 Å². The van der Waals surface area contributed by atoms with Crippen LogP contribution in [-0.4, -0.2) is 15.8 Å². The molecule has 0 aliphatic heterocycles. The van der Waals surface area contributed by atoms with Crippen LogP contribution in [0.3, 0.4) is 0 Å². The van der Waals surface area contributed by atoms with Crippen molar-refractivity contribution in [1.82, 2.24) is 9.97 Å². The Morgan fingerprint density at radius 2 is 1.35 bits per heavy atom. The Hall–Kier alpha value is -3.80. The third-order valence-corrected chi connectivity index (χ3v) is 5.68. The molecule has 0 aliphatic carbocycles. The van der Waals surface area contributed by atoms with Crippen molar-refractivity contribution in [2.45, 2.75) is 32.1 Å². The van der Waals surface area contributed by atoms with E-state index >= 15 is 0 Å². The average molecular weight is 460 g/mol. The van der Waals surface area contributed by atoms with E-state index in [9.17, 15) is 18.0 Å². The first-order valence-corrected chi connectivity index (χ1v) is 11.0. The van der Waals surface area contributed by atoms with Crippen molar-refractivity contribution in [2.24, 2.45) is 0 Å². The molecule has 34 heavy (non-hydrogen) atoms. The van der Waals surface area contributed by atoms with Gasteiger partial charge in [0, 0.05) is 48.3 Å². The zero-order valence-electron chi connectivity index (χ0n) is 18.6. The normalized spacial score (nSPS) is 11.4. The van der Waals surface area contributed by atoms with Gasteiger partial charge in [0.1, 0.15) is 11.6 Å². The molecule has 4 aromatic rings. The molecule has 0 fully saturated rings. The maximum atomic E-state index is 14.3. The summed E-state index contributed by atoms with van der Waals surface area (Å²) in [6.45, 7) is 1.44. The van der Waals surface area contributed by atoms with Crippen molar-refractivity contribution in [3.05, 3.63) is 108 Å². The summed E-state index contributed by atoms with van der Waals surface area (Å²) in [5.41, 5.74) is 3.60. The van der Waals surface area contributed by atoms with Crippen LogP contribution in [0.2, 0.25) is 0 Å². The Morgan fingerprint density at radius 1 is 0.794 bits per heavy atom. The molecule has 3 aromatic carbocycles. The molecule has 1 heterocycles. The largest absolute Gasteiger partial charge is 0.299 e. The molecular formula is C28H23F3N2O. The Bertz CT molecular complexity index is 1290. The predicted molar refractivity (Wildman–Crippen MR) is 126 cm³/mol. The topological polar surface area (TPSA) is 42.9 Å². The second-order valence-electron chi connectivity index (χ2n) is 8.08. The Labute approximate surface area is 196 Å². The van der Waals surface area contributed by atoms with E-state index < -0.39 is 5.92 Å². The van der Waals surface area contributed by atoms with Gasteiger partial charge in [-0.25, -0.2) is 13.2 Å². The molecule has 0 N–H and O–H groups in total. The van der Waals surface area contributed by atoms with Gasteiger partial charge in [-0.05, 0) is 23.3 Å². The predicted octanol–water partition coefficient (Wildman–Crippen LogP) is 6.81. The first kappa shape index (κ1) is 23.4. The number of hydrogen-bond donors (Lipinski definition) is 0. The molecule has 0 atom stereocenters. The van der Waals surface area contributed by atoms with Crippen molar-refractivity contribution in [3.63, 3.8) is 0 Å². The SMILES string of the molecule is CCC(F)(F)c1ccc(CC(=O)Cc2ccc(-c3nccnc3-c3ccccc3F)cc2)cc1. The summed E-state index contributed by atoms with van der Waals surface area (Å²) in [5.74, 6) is -3.26. The number of Topliss-reactive ketones (excluding diaryl/α,β-unsaturated/α-hetero) is 1. The second kappa shape index (κ2) is 10.00. The lowest BCUT2D eigenvalue weighted by molar-refractivity contribution is -0.117. The van der Waals surface area contributed by atoms with Crippen molar-refractivity contribution in [3.8, 4) is 22.5 Å². The van der Waals surface area contributed by atoms with Gasteiger partial charge in [0.25, 0.3) is 5.92 Å². The van der Waals surface area contributed by atoms with Crippen LogP contribution in [0.5, 0.6) is 0 Å². The molecule has 0 saturated carbocycles. The average Bonchev–Trinajstić information content (AvgIpc) is 2.85. The summed E-state index contributed by atoms with van der Waals surface area (Å²) in [5, 5.41) is 0. The lowest BCUT2D eigenvalue weighted by atomic mass is 9.98. The van der Waals surface area contributed by atoms with Gasteiger partial charge in [0.2, 0.25) is 0 Å². The third-order valence-electron chi connectivity index (χ3n) is 5.68. The maximum Gasteiger partial charge on any atom is 0.273 e. The van der Waals surface area contributed by atoms with E-state index in [-0.39, 0.29) is 36.4 Å². The highest BCUT2D eigenvalue weighted by atomic mass is 19.3. The first-order chi connectivity index (χ1) is 16.4. The highest BCUT2D eigenvalue weighted by Crippen LogP contribution is 2.32. The van der Waals surface area contributed by atoms with Gasteiger partial charge in [-0.15, -0.1) is 0 Å². The van der Waals surface area contributed by atoms with E-state index in [1.165, 1.54) is 31.3 Å². The molecule has 1 aromatic heterocycles. The minimum absolute atomic E-state index is 0.0192. The number of aromatic nitrogens is 2. The van der Waals surface area contributed by atoms with Crippen LogP contribution < -0.4 is 0 Å². The minimum atomic E-state index is -2.86. The number of rotatable bonds is 8. The molecule has 4 rings (SSSR count). The Balaban J connectivity index is 1.46. The van der Waals surface area contributed by atoms with Gasteiger partial charge in [0.15, 0.2) is 0 Å². The van der Waals surface area contributed by atoms with Gasteiger partial charge >= 0.3 is 0 Å². The van der Waals surface area contributed by atoms with Crippen LogP contribution >= 0.6 is 0 Å². The van der Waals surface area contributed by atoms with Crippen molar-refractivity contribution >= 4 is 5.78 Å². The second-order valence-corrected chi connectivity index (χ2v) is 8.08. The molecule has 0 saturated heterocycles. The highest BCUT2D eigenvalue weighted by molar-refractivity contribution is 5.83. The van der Waals surface area contributed by atoms with E-state index in [1.54, 1.807) is 36.5 Å². The standard InChI is InChI=1S/C28H23F3N2O/c1-2-28(30,31)22-13-9-20(10-14-22)18-23(34)17-19-7-11-21(12-8-19)26-27(33-16-15-32-26)24-5-3-4-6-25(24)29/h3-16H,2,17-18H2,1H3. The van der Waals surface area contributed by atoms with Crippen LogP contribution in [0.1, 0.15) is 30.0 Å². The van der Waals surface area contributed by atoms with Gasteiger partial charge < -0.3 is 0 Å². The molecule has 172 valence electrons. The van der Waals surface area contributed by atoms with Crippen molar-refractivity contribution in [2.75, 3.05) is 0 Å². The summed E-state index contributed by atoms with van der Waals surface area (Å²) in [4.78, 5) is 21.3. The quantitative estimate of drug-likeness (QED) is 0.290. The first-order valence-electron chi connectivity index (χ1n) is 11.0. The van der Waals surface area contributed by atoms with Crippen molar-refractivity contribution < 1.29 is 18.0 Å². The summed E-state index contributed by atoms with van der Waals surface area (Å²) in [7, 11) is 0. The smallest absolute Gasteiger partial charge is 0.273 e.